The number of carbonyl (C=O) groups is 3. The molecule has 2 aliphatic heterocycles. The molecule has 10 heteroatoms. The van der Waals surface area contributed by atoms with Gasteiger partial charge in [-0.15, -0.1) is 0 Å². The fourth-order valence-electron chi connectivity index (χ4n) is 5.04. The molecule has 38 heavy (non-hydrogen) atoms. The van der Waals surface area contributed by atoms with Gasteiger partial charge in [-0.3, -0.25) is 14.6 Å². The maximum Gasteiger partial charge on any atom is 0.338 e. The second kappa shape index (κ2) is 12.0. The van der Waals surface area contributed by atoms with Gasteiger partial charge < -0.3 is 15.0 Å². The number of benzene rings is 2. The summed E-state index contributed by atoms with van der Waals surface area (Å²) < 4.78 is 19.0. The van der Waals surface area contributed by atoms with Gasteiger partial charge in [0.2, 0.25) is 0 Å². The summed E-state index contributed by atoms with van der Waals surface area (Å²) in [6.45, 7) is 7.90. The van der Waals surface area contributed by atoms with Gasteiger partial charge in [0.1, 0.15) is 5.82 Å². The van der Waals surface area contributed by atoms with Crippen LogP contribution in [0.5, 0.6) is 0 Å². The van der Waals surface area contributed by atoms with Crippen LogP contribution in [0.1, 0.15) is 42.7 Å². The zero-order valence-corrected chi connectivity index (χ0v) is 22.5. The third-order valence-electron chi connectivity index (χ3n) is 6.90. The van der Waals surface area contributed by atoms with Gasteiger partial charge in [0.05, 0.1) is 28.8 Å². The van der Waals surface area contributed by atoms with E-state index in [1.165, 1.54) is 17.0 Å². The van der Waals surface area contributed by atoms with Crippen molar-refractivity contribution < 1.29 is 23.5 Å². The Bertz CT molecular complexity index is 1240. The first-order valence-corrected chi connectivity index (χ1v) is 13.1. The molecule has 0 radical (unpaired) electrons. The van der Waals surface area contributed by atoms with E-state index in [0.717, 1.165) is 0 Å². The summed E-state index contributed by atoms with van der Waals surface area (Å²) in [5.74, 6) is -1.07. The number of carbonyl (C=O) groups excluding carboxylic acids is 3. The van der Waals surface area contributed by atoms with Crippen LogP contribution >= 0.6 is 11.6 Å². The summed E-state index contributed by atoms with van der Waals surface area (Å²) >= 11 is 6.26. The smallest absolute Gasteiger partial charge is 0.338 e. The van der Waals surface area contributed by atoms with Gasteiger partial charge in [-0.2, -0.15) is 0 Å². The van der Waals surface area contributed by atoms with Crippen LogP contribution < -0.4 is 5.32 Å². The number of hydrogen-bond donors (Lipinski definition) is 1. The van der Waals surface area contributed by atoms with Crippen molar-refractivity contribution in [3.63, 3.8) is 0 Å². The minimum absolute atomic E-state index is 0.125. The van der Waals surface area contributed by atoms with Crippen molar-refractivity contribution in [2.45, 2.75) is 32.9 Å². The highest BCUT2D eigenvalue weighted by Gasteiger charge is 2.39. The van der Waals surface area contributed by atoms with Gasteiger partial charge >= 0.3 is 12.0 Å². The number of halogens is 2. The van der Waals surface area contributed by atoms with E-state index in [1.54, 1.807) is 48.2 Å². The molecule has 1 saturated heterocycles. The van der Waals surface area contributed by atoms with E-state index in [-0.39, 0.29) is 24.6 Å². The van der Waals surface area contributed by atoms with E-state index in [2.05, 4.69) is 10.2 Å². The molecule has 2 heterocycles. The van der Waals surface area contributed by atoms with Crippen molar-refractivity contribution in [3.8, 4) is 0 Å². The summed E-state index contributed by atoms with van der Waals surface area (Å²) in [7, 11) is 0. The van der Waals surface area contributed by atoms with E-state index in [4.69, 9.17) is 16.3 Å². The van der Waals surface area contributed by atoms with Gasteiger partial charge in [-0.1, -0.05) is 35.9 Å². The molecule has 0 aromatic heterocycles. The second-order valence-electron chi connectivity index (χ2n) is 9.32. The van der Waals surface area contributed by atoms with Crippen molar-refractivity contribution in [2.75, 3.05) is 39.3 Å². The van der Waals surface area contributed by atoms with Gasteiger partial charge in [0, 0.05) is 44.5 Å². The van der Waals surface area contributed by atoms with Crippen LogP contribution in [0.2, 0.25) is 5.02 Å². The topological polar surface area (TPSA) is 82.2 Å². The first-order valence-electron chi connectivity index (χ1n) is 12.8. The van der Waals surface area contributed by atoms with Crippen molar-refractivity contribution in [2.24, 2.45) is 0 Å². The standard InChI is InChI=1S/C28H32ClFN4O4/c1-4-33-23(17-32-14-15-34(18(3)16-32)26(35)21-8-6-7-9-22(21)29)24(27(36)38-5-2)25(31-28(33)37)19-10-12-20(30)13-11-19/h6-13,18,25H,4-5,14-17H2,1-3H3,(H,31,37)/t18-,25+/m0/s1. The molecule has 1 N–H and O–H groups in total. The number of ether oxygens (including phenoxy) is 1. The number of piperazine rings is 1. The molecule has 0 unspecified atom stereocenters. The largest absolute Gasteiger partial charge is 0.463 e. The molecule has 2 atom stereocenters. The number of likely N-dealkylation sites (N-methyl/N-ethyl adjacent to an activating group) is 1. The lowest BCUT2D eigenvalue weighted by Crippen LogP contribution is -2.56. The normalized spacial score (nSPS) is 20.4. The van der Waals surface area contributed by atoms with Crippen LogP contribution in [-0.4, -0.2) is 78.0 Å². The second-order valence-corrected chi connectivity index (χ2v) is 9.73. The van der Waals surface area contributed by atoms with Crippen molar-refractivity contribution >= 4 is 29.5 Å². The Balaban J connectivity index is 1.63. The van der Waals surface area contributed by atoms with Gasteiger partial charge in [0.25, 0.3) is 5.91 Å². The monoisotopic (exact) mass is 542 g/mol. The molecule has 2 aromatic rings. The molecule has 2 aliphatic rings. The van der Waals surface area contributed by atoms with Crippen LogP contribution in [0.3, 0.4) is 0 Å². The summed E-state index contributed by atoms with van der Waals surface area (Å²) in [4.78, 5) is 45.0. The lowest BCUT2D eigenvalue weighted by molar-refractivity contribution is -0.139. The molecule has 3 amide bonds. The molecular formula is C28H32ClFN4O4. The maximum absolute atomic E-state index is 13.6. The fourth-order valence-corrected chi connectivity index (χ4v) is 5.26. The molecule has 202 valence electrons. The Labute approximate surface area is 227 Å². The average Bonchev–Trinajstić information content (AvgIpc) is 2.89. The number of nitrogens with one attached hydrogen (secondary N) is 1. The van der Waals surface area contributed by atoms with Gasteiger partial charge in [-0.25, -0.2) is 14.0 Å². The highest BCUT2D eigenvalue weighted by atomic mass is 35.5. The Morgan fingerprint density at radius 1 is 1.11 bits per heavy atom. The first-order chi connectivity index (χ1) is 18.2. The van der Waals surface area contributed by atoms with E-state index >= 15 is 0 Å². The third kappa shape index (κ3) is 5.68. The Morgan fingerprint density at radius 3 is 2.45 bits per heavy atom. The molecular weight excluding hydrogens is 511 g/mol. The summed E-state index contributed by atoms with van der Waals surface area (Å²) in [6, 6.07) is 11.5. The average molecular weight is 543 g/mol. The number of esters is 1. The Hall–Kier alpha value is -3.43. The molecule has 0 aliphatic carbocycles. The van der Waals surface area contributed by atoms with Gasteiger partial charge in [0.15, 0.2) is 0 Å². The maximum atomic E-state index is 13.6. The first kappa shape index (κ1) is 27.6. The van der Waals surface area contributed by atoms with Crippen LogP contribution in [0.25, 0.3) is 0 Å². The highest BCUT2D eigenvalue weighted by molar-refractivity contribution is 6.33. The number of urea groups is 1. The summed E-state index contributed by atoms with van der Waals surface area (Å²) in [5.41, 5.74) is 1.91. The molecule has 1 fully saturated rings. The third-order valence-corrected chi connectivity index (χ3v) is 7.23. The van der Waals surface area contributed by atoms with Crippen LogP contribution in [-0.2, 0) is 9.53 Å². The highest BCUT2D eigenvalue weighted by Crippen LogP contribution is 2.32. The van der Waals surface area contributed by atoms with E-state index < -0.39 is 17.8 Å². The van der Waals surface area contributed by atoms with E-state index in [9.17, 15) is 18.8 Å². The van der Waals surface area contributed by atoms with Crippen LogP contribution in [0.15, 0.2) is 59.8 Å². The Morgan fingerprint density at radius 2 is 1.82 bits per heavy atom. The number of nitrogens with zero attached hydrogens (tertiary/aromatic N) is 3. The van der Waals surface area contributed by atoms with Crippen molar-refractivity contribution in [3.05, 3.63) is 81.8 Å². The minimum atomic E-state index is -0.777. The van der Waals surface area contributed by atoms with Gasteiger partial charge in [-0.05, 0) is 50.6 Å². The number of hydrogen-bond acceptors (Lipinski definition) is 5. The molecule has 8 nitrogen and oxygen atoms in total. The zero-order chi connectivity index (χ0) is 27.4. The Kier molecular flexibility index (Phi) is 8.69. The van der Waals surface area contributed by atoms with Crippen LogP contribution in [0, 0.1) is 5.82 Å². The zero-order valence-electron chi connectivity index (χ0n) is 21.7. The quantitative estimate of drug-likeness (QED) is 0.530. The fraction of sp³-hybridized carbons (Fsp3) is 0.393. The molecule has 0 bridgehead atoms. The molecule has 2 aromatic carbocycles. The predicted molar refractivity (Wildman–Crippen MR) is 142 cm³/mol. The molecule has 0 saturated carbocycles. The van der Waals surface area contributed by atoms with Crippen LogP contribution in [0.4, 0.5) is 9.18 Å². The number of rotatable bonds is 7. The minimum Gasteiger partial charge on any atom is -0.463 e. The summed E-state index contributed by atoms with van der Waals surface area (Å²) in [5, 5.41) is 3.30. The lowest BCUT2D eigenvalue weighted by Gasteiger charge is -2.43. The lowest BCUT2D eigenvalue weighted by atomic mass is 9.94. The van der Waals surface area contributed by atoms with Crippen molar-refractivity contribution in [1.82, 2.24) is 20.0 Å². The van der Waals surface area contributed by atoms with Crippen molar-refractivity contribution in [1.29, 1.82) is 0 Å². The number of amides is 3. The van der Waals surface area contributed by atoms with E-state index in [0.29, 0.717) is 60.1 Å². The summed E-state index contributed by atoms with van der Waals surface area (Å²) in [6.07, 6.45) is 0. The predicted octanol–water partition coefficient (Wildman–Crippen LogP) is 4.23. The molecule has 0 spiro atoms. The van der Waals surface area contributed by atoms with E-state index in [1.807, 2.05) is 13.8 Å². The SMILES string of the molecule is CCOC(=O)C1=C(CN2CCN(C(=O)c3ccccc3Cl)[C@@H](C)C2)N(CC)C(=O)N[C@@H]1c1ccc(F)cc1. The molecule has 4 rings (SSSR count).